The summed E-state index contributed by atoms with van der Waals surface area (Å²) < 4.78 is 1.95. The zero-order chi connectivity index (χ0) is 24.3. The fourth-order valence-electron chi connectivity index (χ4n) is 3.97. The van der Waals surface area contributed by atoms with Gasteiger partial charge in [-0.05, 0) is 32.0 Å². The number of aliphatic carboxylic acids is 1. The van der Waals surface area contributed by atoms with E-state index < -0.39 is 5.97 Å². The molecule has 0 aliphatic carbocycles. The maximum absolute atomic E-state index is 13.2. The highest BCUT2D eigenvalue weighted by Gasteiger charge is 2.33. The lowest BCUT2D eigenvalue weighted by Crippen LogP contribution is -2.47. The second kappa shape index (κ2) is 10.5. The number of thioether (sulfide) groups is 1. The Labute approximate surface area is 202 Å². The van der Waals surface area contributed by atoms with Crippen LogP contribution in [0.4, 0.5) is 5.82 Å². The number of pyridine rings is 1. The van der Waals surface area contributed by atoms with E-state index in [2.05, 4.69) is 9.80 Å². The van der Waals surface area contributed by atoms with Gasteiger partial charge < -0.3 is 14.9 Å². The van der Waals surface area contributed by atoms with Crippen molar-refractivity contribution >= 4 is 52.1 Å². The molecular weight excluding hydrogens is 462 g/mol. The summed E-state index contributed by atoms with van der Waals surface area (Å²) in [6.45, 7) is 7.24. The number of carbonyl (C=O) groups is 2. The van der Waals surface area contributed by atoms with Crippen LogP contribution < -0.4 is 10.5 Å². The van der Waals surface area contributed by atoms with Gasteiger partial charge in [0.15, 0.2) is 0 Å². The van der Waals surface area contributed by atoms with Crippen molar-refractivity contribution in [1.82, 2.24) is 14.4 Å². The number of hydrogen-bond acceptors (Lipinski definition) is 8. The van der Waals surface area contributed by atoms with Crippen molar-refractivity contribution in [2.75, 3.05) is 44.7 Å². The molecule has 3 rings (SSSR count). The van der Waals surface area contributed by atoms with Gasteiger partial charge in [-0.1, -0.05) is 30.9 Å². The molecule has 9 nitrogen and oxygen atoms in total. The Bertz CT molecular complexity index is 1110. The van der Waals surface area contributed by atoms with Crippen LogP contribution in [0.1, 0.15) is 36.5 Å². The molecule has 11 heteroatoms. The number of anilines is 1. The predicted molar refractivity (Wildman–Crippen MR) is 132 cm³/mol. The minimum Gasteiger partial charge on any atom is -0.481 e. The van der Waals surface area contributed by atoms with Crippen LogP contribution in [-0.2, 0) is 16.1 Å². The first-order valence-electron chi connectivity index (χ1n) is 10.8. The van der Waals surface area contributed by atoms with Gasteiger partial charge in [0, 0.05) is 44.8 Å². The third-order valence-electron chi connectivity index (χ3n) is 5.79. The van der Waals surface area contributed by atoms with Gasteiger partial charge in [0.2, 0.25) is 0 Å². The summed E-state index contributed by atoms with van der Waals surface area (Å²) in [5.74, 6) is -0.657. The number of carboxylic acids is 1. The van der Waals surface area contributed by atoms with Gasteiger partial charge in [0.25, 0.3) is 11.5 Å². The first-order chi connectivity index (χ1) is 15.7. The molecule has 0 aromatic carbocycles. The van der Waals surface area contributed by atoms with Crippen molar-refractivity contribution in [3.8, 4) is 6.07 Å². The maximum Gasteiger partial charge on any atom is 0.305 e. The summed E-state index contributed by atoms with van der Waals surface area (Å²) in [5.41, 5.74) is 0.924. The number of carbonyl (C=O) groups excluding carboxylic acids is 1. The average molecular weight is 490 g/mol. The van der Waals surface area contributed by atoms with Gasteiger partial charge >= 0.3 is 5.97 Å². The van der Waals surface area contributed by atoms with E-state index in [0.29, 0.717) is 52.2 Å². The molecule has 0 saturated carbocycles. The molecule has 1 aromatic rings. The van der Waals surface area contributed by atoms with E-state index in [-0.39, 0.29) is 30.0 Å². The second-order valence-corrected chi connectivity index (χ2v) is 9.75. The summed E-state index contributed by atoms with van der Waals surface area (Å²) in [5, 5.41) is 18.7. The molecule has 2 aliphatic heterocycles. The lowest BCUT2D eigenvalue weighted by atomic mass is 10.0. The van der Waals surface area contributed by atoms with E-state index in [1.807, 2.05) is 20.0 Å². The summed E-state index contributed by atoms with van der Waals surface area (Å²) in [6, 6.07) is 2.04. The molecule has 0 bridgehead atoms. The van der Waals surface area contributed by atoms with Gasteiger partial charge in [-0.25, -0.2) is 0 Å². The summed E-state index contributed by atoms with van der Waals surface area (Å²) >= 11 is 6.42. The van der Waals surface area contributed by atoms with Crippen LogP contribution in [0.15, 0.2) is 9.70 Å². The third-order valence-corrected chi connectivity index (χ3v) is 7.17. The number of amides is 1. The van der Waals surface area contributed by atoms with E-state index >= 15 is 0 Å². The van der Waals surface area contributed by atoms with Gasteiger partial charge in [-0.3, -0.25) is 23.9 Å². The van der Waals surface area contributed by atoms with Crippen LogP contribution in [0.3, 0.4) is 0 Å². The van der Waals surface area contributed by atoms with E-state index in [9.17, 15) is 19.6 Å². The monoisotopic (exact) mass is 489 g/mol. The summed E-state index contributed by atoms with van der Waals surface area (Å²) in [4.78, 5) is 43.1. The predicted octanol–water partition coefficient (Wildman–Crippen LogP) is 1.87. The molecule has 176 valence electrons. The molecule has 2 fully saturated rings. The van der Waals surface area contributed by atoms with Crippen molar-refractivity contribution < 1.29 is 14.7 Å². The standard InChI is InChI=1S/C22H27N5O4S2/c1-4-6-26-19(25-10-8-24(3)9-11-25)15(14(2)16(13-23)20(26)30)12-17-21(31)27(22(32)33-17)7-5-18(28)29/h12H,4-11H2,1-3H3,(H,28,29). The largest absolute Gasteiger partial charge is 0.481 e. The third kappa shape index (κ3) is 5.13. The first kappa shape index (κ1) is 25.0. The molecule has 3 heterocycles. The Morgan fingerprint density at radius 1 is 1.24 bits per heavy atom. The molecule has 33 heavy (non-hydrogen) atoms. The van der Waals surface area contributed by atoms with Crippen molar-refractivity contribution in [1.29, 1.82) is 5.26 Å². The minimum atomic E-state index is -1.01. The number of piperazine rings is 1. The highest BCUT2D eigenvalue weighted by Crippen LogP contribution is 2.36. The Hall–Kier alpha value is -2.68. The van der Waals surface area contributed by atoms with Crippen molar-refractivity contribution in [3.05, 3.63) is 31.9 Å². The van der Waals surface area contributed by atoms with Crippen LogP contribution in [0.5, 0.6) is 0 Å². The van der Waals surface area contributed by atoms with Gasteiger partial charge in [0.05, 0.1) is 11.3 Å². The van der Waals surface area contributed by atoms with Crippen LogP contribution in [0.2, 0.25) is 0 Å². The molecule has 1 N–H and O–H groups in total. The molecule has 1 aromatic heterocycles. The molecule has 0 unspecified atom stereocenters. The number of likely N-dealkylation sites (N-methyl/N-ethyl adjacent to an activating group) is 1. The first-order valence-corrected chi connectivity index (χ1v) is 12.0. The number of hydrogen-bond donors (Lipinski definition) is 1. The highest BCUT2D eigenvalue weighted by atomic mass is 32.2. The average Bonchev–Trinajstić information content (AvgIpc) is 3.03. The van der Waals surface area contributed by atoms with Gasteiger partial charge in [-0.15, -0.1) is 0 Å². The molecule has 0 radical (unpaired) electrons. The molecule has 2 saturated heterocycles. The van der Waals surface area contributed by atoms with E-state index in [1.54, 1.807) is 17.6 Å². The van der Waals surface area contributed by atoms with E-state index in [1.165, 1.54) is 4.90 Å². The maximum atomic E-state index is 13.2. The van der Waals surface area contributed by atoms with E-state index in [0.717, 1.165) is 24.9 Å². The molecular formula is C22H27N5O4S2. The number of nitriles is 1. The van der Waals surface area contributed by atoms with Crippen molar-refractivity contribution in [2.24, 2.45) is 0 Å². The van der Waals surface area contributed by atoms with Gasteiger partial charge in [0.1, 0.15) is 21.8 Å². The Kier molecular flexibility index (Phi) is 7.94. The summed E-state index contributed by atoms with van der Waals surface area (Å²) in [6.07, 6.45) is 2.21. The number of carboxylic acid groups (broad SMARTS) is 1. The number of aromatic nitrogens is 1. The SMILES string of the molecule is CCCn1c(N2CCN(C)CC2)c(C=C2SC(=S)N(CCC(=O)O)C2=O)c(C)c(C#N)c1=O. The fraction of sp³-hybridized carbons (Fsp3) is 0.500. The molecule has 2 aliphatic rings. The highest BCUT2D eigenvalue weighted by molar-refractivity contribution is 8.26. The molecule has 0 spiro atoms. The lowest BCUT2D eigenvalue weighted by molar-refractivity contribution is -0.137. The topological polar surface area (TPSA) is 110 Å². The Morgan fingerprint density at radius 2 is 1.91 bits per heavy atom. The van der Waals surface area contributed by atoms with Crippen LogP contribution in [0, 0.1) is 18.3 Å². The lowest BCUT2D eigenvalue weighted by Gasteiger charge is -2.36. The zero-order valence-electron chi connectivity index (χ0n) is 19.0. The molecule has 1 amide bonds. The summed E-state index contributed by atoms with van der Waals surface area (Å²) in [7, 11) is 2.05. The van der Waals surface area contributed by atoms with Crippen LogP contribution in [-0.4, -0.2) is 75.4 Å². The second-order valence-electron chi connectivity index (χ2n) is 8.07. The van der Waals surface area contributed by atoms with Crippen LogP contribution >= 0.6 is 24.0 Å². The zero-order valence-corrected chi connectivity index (χ0v) is 20.6. The molecule has 0 atom stereocenters. The smallest absolute Gasteiger partial charge is 0.305 e. The fourth-order valence-corrected chi connectivity index (χ4v) is 5.26. The van der Waals surface area contributed by atoms with Crippen LogP contribution in [0.25, 0.3) is 6.08 Å². The number of thiocarbonyl (C=S) groups is 1. The Balaban J connectivity index is 2.16. The van der Waals surface area contributed by atoms with Crippen molar-refractivity contribution in [2.45, 2.75) is 33.2 Å². The number of rotatable bonds is 7. The normalized spacial score (nSPS) is 18.3. The van der Waals surface area contributed by atoms with Gasteiger partial charge in [-0.2, -0.15) is 5.26 Å². The number of nitrogens with zero attached hydrogens (tertiary/aromatic N) is 5. The van der Waals surface area contributed by atoms with E-state index in [4.69, 9.17) is 17.3 Å². The van der Waals surface area contributed by atoms with Crippen molar-refractivity contribution in [3.63, 3.8) is 0 Å². The minimum absolute atomic E-state index is 0.000414. The Morgan fingerprint density at radius 3 is 2.48 bits per heavy atom. The quantitative estimate of drug-likeness (QED) is 0.453.